The van der Waals surface area contributed by atoms with E-state index in [1.54, 1.807) is 0 Å². The molecule has 120 valence electrons. The molecule has 0 aromatic rings. The van der Waals surface area contributed by atoms with Gasteiger partial charge in [-0.25, -0.2) is 8.42 Å². The molecule has 2 saturated heterocycles. The fraction of sp³-hybridized carbons (Fsp3) is 0.875. The van der Waals surface area contributed by atoms with Crippen LogP contribution in [0.15, 0.2) is 0 Å². The van der Waals surface area contributed by atoms with Gasteiger partial charge in [0.25, 0.3) is 0 Å². The molecule has 0 radical (unpaired) electrons. The summed E-state index contributed by atoms with van der Waals surface area (Å²) in [5.41, 5.74) is -0.205. The summed E-state index contributed by atoms with van der Waals surface area (Å²) >= 11 is 0. The molecule has 4 nitrogen and oxygen atoms in total. The second-order valence-corrected chi connectivity index (χ2v) is 9.82. The molecule has 21 heavy (non-hydrogen) atoms. The number of likely N-dealkylation sites (tertiary alicyclic amines) is 1. The quantitative estimate of drug-likeness (QED) is 0.784. The van der Waals surface area contributed by atoms with Crippen molar-refractivity contribution in [2.45, 2.75) is 63.6 Å². The zero-order valence-corrected chi connectivity index (χ0v) is 14.3. The lowest BCUT2D eigenvalue weighted by Gasteiger charge is -2.45. The first-order chi connectivity index (χ1) is 9.65. The van der Waals surface area contributed by atoms with E-state index in [9.17, 15) is 8.42 Å². The third-order valence-corrected chi connectivity index (χ3v) is 6.30. The number of nitrogens with one attached hydrogen (secondary N) is 1. The molecule has 0 atom stereocenters. The lowest BCUT2D eigenvalue weighted by Crippen LogP contribution is -2.59. The molecule has 0 bridgehead atoms. The monoisotopic (exact) mass is 312 g/mol. The molecular weight excluding hydrogens is 284 g/mol. The summed E-state index contributed by atoms with van der Waals surface area (Å²) in [6, 6.07) is 0.416. The van der Waals surface area contributed by atoms with Crippen LogP contribution in [-0.2, 0) is 9.84 Å². The predicted molar refractivity (Wildman–Crippen MR) is 86.9 cm³/mol. The molecule has 0 aromatic heterocycles. The van der Waals surface area contributed by atoms with Crippen molar-refractivity contribution in [1.82, 2.24) is 10.2 Å². The minimum absolute atomic E-state index is 0.00740. The first kappa shape index (κ1) is 16.8. The maximum atomic E-state index is 11.5. The second-order valence-electron chi connectivity index (χ2n) is 7.52. The van der Waals surface area contributed by atoms with Crippen molar-refractivity contribution in [3.8, 4) is 12.3 Å². The highest BCUT2D eigenvalue weighted by atomic mass is 32.2. The van der Waals surface area contributed by atoms with Crippen molar-refractivity contribution in [2.75, 3.05) is 24.6 Å². The van der Waals surface area contributed by atoms with E-state index >= 15 is 0 Å². The van der Waals surface area contributed by atoms with Gasteiger partial charge < -0.3 is 4.90 Å². The van der Waals surface area contributed by atoms with Crippen molar-refractivity contribution in [3.05, 3.63) is 0 Å². The normalized spacial score (nSPS) is 27.1. The number of sulfone groups is 1. The standard InChI is InChI=1S/C16H28N2O2S/c1-5-16(17-15(2,3)4)8-10-18(11-9-16)14-6-12-21(19,20)13-7-14/h1,14,17H,6-13H2,2-4H3. The van der Waals surface area contributed by atoms with Gasteiger partial charge >= 0.3 is 0 Å². The molecule has 0 aliphatic carbocycles. The molecule has 2 aliphatic heterocycles. The van der Waals surface area contributed by atoms with E-state index in [1.165, 1.54) is 0 Å². The van der Waals surface area contributed by atoms with E-state index in [1.807, 2.05) is 0 Å². The number of nitrogens with zero attached hydrogens (tertiary/aromatic N) is 1. The fourth-order valence-electron chi connectivity index (χ4n) is 3.54. The molecule has 0 unspecified atom stereocenters. The summed E-state index contributed by atoms with van der Waals surface area (Å²) in [5.74, 6) is 3.66. The van der Waals surface area contributed by atoms with E-state index in [0.29, 0.717) is 17.5 Å². The van der Waals surface area contributed by atoms with Gasteiger partial charge in [0.1, 0.15) is 9.84 Å². The van der Waals surface area contributed by atoms with Gasteiger partial charge in [0, 0.05) is 24.7 Å². The Kier molecular flexibility index (Phi) is 4.72. The van der Waals surface area contributed by atoms with Crippen LogP contribution in [0.25, 0.3) is 0 Å². The highest BCUT2D eigenvalue weighted by molar-refractivity contribution is 7.91. The smallest absolute Gasteiger partial charge is 0.150 e. The predicted octanol–water partition coefficient (Wildman–Crippen LogP) is 1.42. The van der Waals surface area contributed by atoms with Crippen LogP contribution in [0, 0.1) is 12.3 Å². The summed E-state index contributed by atoms with van der Waals surface area (Å²) < 4.78 is 23.1. The van der Waals surface area contributed by atoms with E-state index in [0.717, 1.165) is 38.8 Å². The zero-order valence-electron chi connectivity index (χ0n) is 13.5. The number of hydrogen-bond donors (Lipinski definition) is 1. The van der Waals surface area contributed by atoms with Gasteiger partial charge in [0.2, 0.25) is 0 Å². The number of rotatable bonds is 2. The van der Waals surface area contributed by atoms with Gasteiger partial charge in [-0.05, 0) is 46.5 Å². The maximum absolute atomic E-state index is 11.5. The molecule has 0 aromatic carbocycles. The van der Waals surface area contributed by atoms with Gasteiger partial charge in [-0.2, -0.15) is 0 Å². The average molecular weight is 312 g/mol. The van der Waals surface area contributed by atoms with Crippen molar-refractivity contribution < 1.29 is 8.42 Å². The molecule has 5 heteroatoms. The van der Waals surface area contributed by atoms with Crippen molar-refractivity contribution >= 4 is 9.84 Å². The Morgan fingerprint density at radius 3 is 2.14 bits per heavy atom. The Morgan fingerprint density at radius 1 is 1.19 bits per heavy atom. The van der Waals surface area contributed by atoms with Crippen LogP contribution < -0.4 is 5.32 Å². The average Bonchev–Trinajstić information content (AvgIpc) is 2.38. The largest absolute Gasteiger partial charge is 0.300 e. The molecule has 1 N–H and O–H groups in total. The second kappa shape index (κ2) is 5.91. The lowest BCUT2D eigenvalue weighted by molar-refractivity contribution is 0.103. The van der Waals surface area contributed by atoms with Crippen molar-refractivity contribution in [1.29, 1.82) is 0 Å². The Hall–Kier alpha value is -0.570. The highest BCUT2D eigenvalue weighted by Crippen LogP contribution is 2.28. The van der Waals surface area contributed by atoms with Crippen molar-refractivity contribution in [3.63, 3.8) is 0 Å². The Balaban J connectivity index is 1.92. The van der Waals surface area contributed by atoms with E-state index in [2.05, 4.69) is 36.9 Å². The Morgan fingerprint density at radius 2 is 1.71 bits per heavy atom. The first-order valence-electron chi connectivity index (χ1n) is 7.86. The fourth-order valence-corrected chi connectivity index (χ4v) is 5.00. The van der Waals surface area contributed by atoms with Gasteiger partial charge in [-0.1, -0.05) is 5.92 Å². The van der Waals surface area contributed by atoms with Crippen LogP contribution in [0.5, 0.6) is 0 Å². The highest BCUT2D eigenvalue weighted by Gasteiger charge is 2.38. The van der Waals surface area contributed by atoms with E-state index in [-0.39, 0.29) is 11.1 Å². The molecule has 2 aliphatic rings. The lowest BCUT2D eigenvalue weighted by atomic mass is 9.85. The van der Waals surface area contributed by atoms with Crippen LogP contribution in [-0.4, -0.2) is 55.0 Å². The van der Waals surface area contributed by atoms with Gasteiger partial charge in [-0.15, -0.1) is 6.42 Å². The molecule has 2 fully saturated rings. The van der Waals surface area contributed by atoms with Crippen LogP contribution in [0.4, 0.5) is 0 Å². The summed E-state index contributed by atoms with van der Waals surface area (Å²) in [5, 5.41) is 3.60. The SMILES string of the molecule is C#CC1(NC(C)(C)C)CCN(C2CCS(=O)(=O)CC2)CC1. The molecule has 2 heterocycles. The van der Waals surface area contributed by atoms with Crippen molar-refractivity contribution in [2.24, 2.45) is 0 Å². The number of hydrogen-bond acceptors (Lipinski definition) is 4. The summed E-state index contributed by atoms with van der Waals surface area (Å²) in [6.07, 6.45) is 9.22. The molecule has 0 spiro atoms. The summed E-state index contributed by atoms with van der Waals surface area (Å²) in [7, 11) is -2.78. The maximum Gasteiger partial charge on any atom is 0.150 e. The molecule has 0 saturated carbocycles. The number of terminal acetylenes is 1. The van der Waals surface area contributed by atoms with E-state index < -0.39 is 9.84 Å². The van der Waals surface area contributed by atoms with Gasteiger partial charge in [0.15, 0.2) is 0 Å². The summed E-state index contributed by atoms with van der Waals surface area (Å²) in [4.78, 5) is 2.44. The zero-order chi connectivity index (χ0) is 15.7. The summed E-state index contributed by atoms with van der Waals surface area (Å²) in [6.45, 7) is 8.34. The minimum Gasteiger partial charge on any atom is -0.300 e. The van der Waals surface area contributed by atoms with Crippen LogP contribution in [0.2, 0.25) is 0 Å². The van der Waals surface area contributed by atoms with Crippen LogP contribution in [0.3, 0.4) is 0 Å². The van der Waals surface area contributed by atoms with E-state index in [4.69, 9.17) is 6.42 Å². The third-order valence-electron chi connectivity index (χ3n) is 4.58. The van der Waals surface area contributed by atoms with Gasteiger partial charge in [-0.3, -0.25) is 5.32 Å². The third kappa shape index (κ3) is 4.45. The van der Waals surface area contributed by atoms with Crippen LogP contribution in [0.1, 0.15) is 46.5 Å². The molecule has 2 rings (SSSR count). The Labute approximate surface area is 129 Å². The minimum atomic E-state index is -2.78. The molecule has 0 amide bonds. The van der Waals surface area contributed by atoms with Crippen LogP contribution >= 0.6 is 0 Å². The van der Waals surface area contributed by atoms with Gasteiger partial charge in [0.05, 0.1) is 17.0 Å². The Bertz CT molecular complexity index is 491. The first-order valence-corrected chi connectivity index (χ1v) is 9.68. The topological polar surface area (TPSA) is 49.4 Å². The number of piperidine rings is 1. The molecular formula is C16H28N2O2S.